The van der Waals surface area contributed by atoms with E-state index in [1.165, 1.54) is 0 Å². The molecule has 4 rings (SSSR count). The maximum atomic E-state index is 12.9. The van der Waals surface area contributed by atoms with Crippen LogP contribution >= 0.6 is 11.8 Å². The molecular formula is C47H82N6O21S. The number of fused-ring (bicyclic) bond motifs is 1. The fourth-order valence-electron chi connectivity index (χ4n) is 9.20. The first-order chi connectivity index (χ1) is 34.5. The number of nitrogens with one attached hydrogen (secondary N) is 6. The van der Waals surface area contributed by atoms with E-state index in [9.17, 15) is 79.2 Å². The van der Waals surface area contributed by atoms with E-state index in [1.54, 1.807) is 0 Å². The van der Waals surface area contributed by atoms with E-state index in [2.05, 4.69) is 31.9 Å². The van der Waals surface area contributed by atoms with Gasteiger partial charge in [-0.3, -0.25) is 24.0 Å². The van der Waals surface area contributed by atoms with Crippen molar-refractivity contribution in [3.8, 4) is 0 Å². The van der Waals surface area contributed by atoms with Crippen LogP contribution in [0.1, 0.15) is 119 Å². The van der Waals surface area contributed by atoms with E-state index in [0.29, 0.717) is 50.4 Å². The van der Waals surface area contributed by atoms with E-state index < -0.39 is 128 Å². The number of aliphatic hydroxyl groups is 6. The number of carbonyl (C=O) groups is 8. The summed E-state index contributed by atoms with van der Waals surface area (Å²) in [4.78, 5) is 97.7. The highest BCUT2D eigenvalue weighted by atomic mass is 32.2. The highest BCUT2D eigenvalue weighted by Gasteiger charge is 2.60. The summed E-state index contributed by atoms with van der Waals surface area (Å²) in [5.74, 6) is -11.3. The third kappa shape index (κ3) is 19.5. The van der Waals surface area contributed by atoms with Crippen LogP contribution in [0.4, 0.5) is 4.79 Å². The highest BCUT2D eigenvalue weighted by molar-refractivity contribution is 8.00. The van der Waals surface area contributed by atoms with Gasteiger partial charge in [-0.2, -0.15) is 11.8 Å². The van der Waals surface area contributed by atoms with Gasteiger partial charge in [0.2, 0.25) is 23.6 Å². The van der Waals surface area contributed by atoms with Gasteiger partial charge in [0.15, 0.2) is 0 Å². The van der Waals surface area contributed by atoms with Crippen LogP contribution in [-0.4, -0.2) is 217 Å². The average Bonchev–Trinajstić information content (AvgIpc) is 3.88. The lowest BCUT2D eigenvalue weighted by Gasteiger charge is -2.49. The number of aliphatic hydroxyl groups excluding tert-OH is 6. The van der Waals surface area contributed by atoms with Gasteiger partial charge in [-0.1, -0.05) is 27.7 Å². The molecule has 0 saturated carbocycles. The average molecular weight is 1100 g/mol. The summed E-state index contributed by atoms with van der Waals surface area (Å²) < 4.78 is 27.5. The molecule has 4 fully saturated rings. The number of thioether (sulfide) groups is 1. The lowest BCUT2D eigenvalue weighted by Crippen LogP contribution is -2.70. The number of hydrogen-bond acceptors (Lipinski definition) is 20. The number of rotatable bonds is 31. The Bertz CT molecular complexity index is 1890. The molecule has 0 spiro atoms. The van der Waals surface area contributed by atoms with Crippen molar-refractivity contribution in [2.75, 3.05) is 38.7 Å². The van der Waals surface area contributed by atoms with Crippen LogP contribution in [0.2, 0.25) is 0 Å². The predicted molar refractivity (Wildman–Crippen MR) is 265 cm³/mol. The number of unbranched alkanes of at least 4 members (excludes halogenated alkanes) is 5. The van der Waals surface area contributed by atoms with E-state index in [-0.39, 0.29) is 64.2 Å². The number of hydrogen-bond donors (Lipinski definition) is 14. The SMILES string of the molecule is C.C.CC(=O)N[C@H]1[C@H]([C@H](O)[C@H](O)COC(C)=O)O[C@@](O[C@H](CO)[C@@H](O)[C@@H]2O[C@@](OCCCCCNC(=O)CCCCCNC(=O)CCCC[C@@H]3SC[C@@H]4NC(=O)N[C@@H]43)(C(=O)O)C[C@H](O)[C@H]2NC(C)=O)(C(=O)O)C[C@@H]1O. The molecule has 6 amide bonds. The molecule has 0 aromatic rings. The number of ether oxygens (including phenoxy) is 5. The molecule has 432 valence electrons. The molecule has 4 aliphatic heterocycles. The molecule has 0 aliphatic carbocycles. The molecule has 4 saturated heterocycles. The number of urea groups is 1. The van der Waals surface area contributed by atoms with Gasteiger partial charge in [-0.15, -0.1) is 0 Å². The van der Waals surface area contributed by atoms with Gasteiger partial charge < -0.3 is 96.4 Å². The van der Waals surface area contributed by atoms with Gasteiger partial charge in [-0.05, 0) is 44.9 Å². The zero-order valence-electron chi connectivity index (χ0n) is 41.2. The molecule has 27 nitrogen and oxygen atoms in total. The Hall–Kier alpha value is -4.49. The maximum Gasteiger partial charge on any atom is 0.364 e. The number of carboxylic acid groups (broad SMARTS) is 2. The first-order valence-corrected chi connectivity index (χ1v) is 25.6. The Labute approximate surface area is 440 Å². The lowest BCUT2D eigenvalue weighted by atomic mass is 9.87. The molecule has 28 heteroatoms. The van der Waals surface area contributed by atoms with Crippen molar-refractivity contribution >= 4 is 59.3 Å². The number of carboxylic acids is 2. The van der Waals surface area contributed by atoms with Crippen LogP contribution in [0.25, 0.3) is 0 Å². The Morgan fingerprint density at radius 3 is 1.79 bits per heavy atom. The quantitative estimate of drug-likeness (QED) is 0.0200. The van der Waals surface area contributed by atoms with Crippen LogP contribution < -0.4 is 31.9 Å². The zero-order valence-corrected chi connectivity index (χ0v) is 42.1. The summed E-state index contributed by atoms with van der Waals surface area (Å²) in [7, 11) is 0. The minimum Gasteiger partial charge on any atom is -0.477 e. The van der Waals surface area contributed by atoms with Crippen molar-refractivity contribution < 1.29 is 103 Å². The van der Waals surface area contributed by atoms with Crippen molar-refractivity contribution in [2.24, 2.45) is 0 Å². The van der Waals surface area contributed by atoms with Crippen LogP contribution in [0.5, 0.6) is 0 Å². The third-order valence-electron chi connectivity index (χ3n) is 12.9. The van der Waals surface area contributed by atoms with Crippen LogP contribution in [-0.2, 0) is 57.2 Å². The normalized spacial score (nSPS) is 29.5. The fraction of sp³-hybridized carbons (Fsp3) is 0.830. The van der Waals surface area contributed by atoms with Crippen molar-refractivity contribution in [1.82, 2.24) is 31.9 Å². The van der Waals surface area contributed by atoms with Gasteiger partial charge in [0, 0.05) is 70.5 Å². The zero-order chi connectivity index (χ0) is 54.0. The topological polar surface area (TPSA) is 417 Å². The summed E-state index contributed by atoms with van der Waals surface area (Å²) in [5, 5.41) is 104. The standard InChI is InChI=1S/C45H74N6O21S.2CH4/c1-23(53)48-35-28(57)19-45(42(65)66,72-39(35)37(61)29(58)21-68-25(3)55)70-30(20-52)38(62)40-36(49-24(2)54)27(56)18-44(71-40,41(63)64)69-17-11-5-10-16-47-32(59)13-6-4-9-15-46-33(60)14-8-7-12-31-34-26(22-73-31)50-43(67)51-34;;/h26-31,34-40,52,56-58,61-62H,4-22H2,1-3H3,(H,46,60)(H,47,59)(H,48,53)(H,49,54)(H,63,64)(H,65,66)(H2,50,51,67);2*1H4/t26-,27-,28-,29+,30+,31-,34-,35+,36+,37+,38+,39+,40+,44+,45+;;/m0../s1. The minimum atomic E-state index is -3.11. The van der Waals surface area contributed by atoms with Crippen molar-refractivity contribution in [1.29, 1.82) is 0 Å². The van der Waals surface area contributed by atoms with Gasteiger partial charge in [0.25, 0.3) is 11.6 Å². The molecule has 0 aromatic heterocycles. The molecule has 0 radical (unpaired) electrons. The summed E-state index contributed by atoms with van der Waals surface area (Å²) in [6, 6.07) is -3.04. The third-order valence-corrected chi connectivity index (χ3v) is 14.4. The number of esters is 1. The van der Waals surface area contributed by atoms with Crippen LogP contribution in [0.15, 0.2) is 0 Å². The van der Waals surface area contributed by atoms with Gasteiger partial charge in [-0.25, -0.2) is 14.4 Å². The van der Waals surface area contributed by atoms with Crippen LogP contribution in [0.3, 0.4) is 0 Å². The summed E-state index contributed by atoms with van der Waals surface area (Å²) >= 11 is 1.84. The van der Waals surface area contributed by atoms with E-state index >= 15 is 0 Å². The second kappa shape index (κ2) is 31.7. The summed E-state index contributed by atoms with van der Waals surface area (Å²) in [5.41, 5.74) is 0. The number of amides is 6. The van der Waals surface area contributed by atoms with Gasteiger partial charge in [0.1, 0.15) is 43.2 Å². The lowest BCUT2D eigenvalue weighted by molar-refractivity contribution is -0.345. The molecular weight excluding hydrogens is 1020 g/mol. The Morgan fingerprint density at radius 2 is 1.25 bits per heavy atom. The van der Waals surface area contributed by atoms with Crippen molar-refractivity contribution in [3.05, 3.63) is 0 Å². The van der Waals surface area contributed by atoms with E-state index in [4.69, 9.17) is 23.7 Å². The Balaban J connectivity index is 0.00000963. The maximum absolute atomic E-state index is 12.9. The van der Waals surface area contributed by atoms with Crippen molar-refractivity contribution in [3.63, 3.8) is 0 Å². The first kappa shape index (κ1) is 66.6. The van der Waals surface area contributed by atoms with Gasteiger partial charge >= 0.3 is 23.9 Å². The van der Waals surface area contributed by atoms with Crippen molar-refractivity contribution in [2.45, 2.75) is 209 Å². The highest BCUT2D eigenvalue weighted by Crippen LogP contribution is 2.38. The molecule has 75 heavy (non-hydrogen) atoms. The molecule has 0 bridgehead atoms. The Kier molecular flexibility index (Phi) is 28.1. The molecule has 0 aromatic carbocycles. The smallest absolute Gasteiger partial charge is 0.364 e. The predicted octanol–water partition coefficient (Wildman–Crippen LogP) is -2.14. The molecule has 0 unspecified atom stereocenters. The number of carbonyl (C=O) groups excluding carboxylic acids is 6. The van der Waals surface area contributed by atoms with Crippen LogP contribution in [0, 0.1) is 0 Å². The van der Waals surface area contributed by atoms with E-state index in [1.807, 2.05) is 11.8 Å². The molecule has 15 atom stereocenters. The largest absolute Gasteiger partial charge is 0.477 e. The minimum absolute atomic E-state index is 0. The summed E-state index contributed by atoms with van der Waals surface area (Å²) in [6.07, 6.45) is -11.8. The second-order valence-electron chi connectivity index (χ2n) is 18.8. The molecule has 14 N–H and O–H groups in total. The Morgan fingerprint density at radius 1 is 0.733 bits per heavy atom. The monoisotopic (exact) mass is 1100 g/mol. The van der Waals surface area contributed by atoms with E-state index in [0.717, 1.165) is 52.2 Å². The number of aliphatic carboxylic acids is 2. The molecule has 4 heterocycles. The summed E-state index contributed by atoms with van der Waals surface area (Å²) in [6.45, 7) is 1.46. The van der Waals surface area contributed by atoms with Gasteiger partial charge in [0.05, 0.1) is 49.6 Å². The molecule has 4 aliphatic rings. The fourth-order valence-corrected chi connectivity index (χ4v) is 10.7. The second-order valence-corrected chi connectivity index (χ2v) is 20.0. The first-order valence-electron chi connectivity index (χ1n) is 24.6.